The Morgan fingerprint density at radius 3 is 2.39 bits per heavy atom. The molecular weight excluding hydrogens is 372 g/mol. The molecule has 2 amide bonds. The lowest BCUT2D eigenvalue weighted by atomic mass is 9.93. The van der Waals surface area contributed by atoms with Crippen molar-refractivity contribution in [3.8, 4) is 0 Å². The summed E-state index contributed by atoms with van der Waals surface area (Å²) in [4.78, 5) is 34.5. The van der Waals surface area contributed by atoms with Gasteiger partial charge in [0.1, 0.15) is 18.3 Å². The molecule has 0 saturated heterocycles. The number of carbonyl (C=O) groups excluding carboxylic acids is 2. The van der Waals surface area contributed by atoms with Gasteiger partial charge in [0.15, 0.2) is 6.10 Å². The van der Waals surface area contributed by atoms with Gasteiger partial charge in [0.2, 0.25) is 11.7 Å². The number of ether oxygens (including phenoxy) is 1. The van der Waals surface area contributed by atoms with Crippen LogP contribution in [-0.4, -0.2) is 75.2 Å². The highest BCUT2D eigenvalue weighted by Crippen LogP contribution is 2.23. The molecule has 0 radical (unpaired) electrons. The minimum Gasteiger partial charge on any atom is -0.478 e. The van der Waals surface area contributed by atoms with Gasteiger partial charge < -0.3 is 35.8 Å². The van der Waals surface area contributed by atoms with Crippen molar-refractivity contribution in [3.05, 3.63) is 47.7 Å². The normalized spacial score (nSPS) is 23.6. The zero-order chi connectivity index (χ0) is 20.8. The van der Waals surface area contributed by atoms with E-state index in [9.17, 15) is 29.7 Å². The molecule has 28 heavy (non-hydrogen) atoms. The highest BCUT2D eigenvalue weighted by molar-refractivity contribution is 5.94. The Morgan fingerprint density at radius 2 is 1.82 bits per heavy atom. The second kappa shape index (κ2) is 9.31. The molecule has 2 rings (SSSR count). The van der Waals surface area contributed by atoms with Gasteiger partial charge in [-0.3, -0.25) is 9.59 Å². The number of aliphatic hydroxyl groups excluding tert-OH is 3. The van der Waals surface area contributed by atoms with Gasteiger partial charge in [-0.2, -0.15) is 0 Å². The van der Waals surface area contributed by atoms with Crippen molar-refractivity contribution in [2.45, 2.75) is 37.4 Å². The van der Waals surface area contributed by atoms with Crippen LogP contribution in [0.4, 0.5) is 0 Å². The zero-order valence-electron chi connectivity index (χ0n) is 15.0. The maximum atomic E-state index is 12.0. The summed E-state index contributed by atoms with van der Waals surface area (Å²) in [6.45, 7) is 0.798. The van der Waals surface area contributed by atoms with Crippen LogP contribution in [-0.2, 0) is 14.3 Å². The number of aliphatic carboxylic acids is 1. The summed E-state index contributed by atoms with van der Waals surface area (Å²) < 4.78 is 5.17. The van der Waals surface area contributed by atoms with Gasteiger partial charge in [-0.15, -0.1) is 0 Å². The van der Waals surface area contributed by atoms with Crippen LogP contribution in [0.1, 0.15) is 17.3 Å². The number of nitrogens with one attached hydrogen (secondary N) is 2. The van der Waals surface area contributed by atoms with E-state index in [0.717, 1.165) is 6.08 Å². The van der Waals surface area contributed by atoms with Gasteiger partial charge in [0, 0.05) is 19.0 Å². The predicted octanol–water partition coefficient (Wildman–Crippen LogP) is -1.63. The lowest BCUT2D eigenvalue weighted by Gasteiger charge is -2.38. The summed E-state index contributed by atoms with van der Waals surface area (Å²) in [6.07, 6.45) is -5.32. The summed E-state index contributed by atoms with van der Waals surface area (Å²) in [5, 5.41) is 44.6. The SMILES string of the molecule is CC(=O)N[C@H]1C(C(O)C(O)CNC(=O)c2ccccc2)OC(C(=O)O)=C[C@H]1O. The monoisotopic (exact) mass is 394 g/mol. The van der Waals surface area contributed by atoms with Crippen LogP contribution in [0.2, 0.25) is 0 Å². The molecule has 1 heterocycles. The third-order valence-electron chi connectivity index (χ3n) is 4.13. The maximum Gasteiger partial charge on any atom is 0.370 e. The average molecular weight is 394 g/mol. The highest BCUT2D eigenvalue weighted by Gasteiger charge is 2.43. The van der Waals surface area contributed by atoms with Crippen molar-refractivity contribution in [2.75, 3.05) is 6.54 Å². The molecule has 0 bridgehead atoms. The molecule has 5 atom stereocenters. The maximum absolute atomic E-state index is 12.0. The Hall–Kier alpha value is -2.95. The van der Waals surface area contributed by atoms with E-state index < -0.39 is 54.0 Å². The highest BCUT2D eigenvalue weighted by atomic mass is 16.5. The molecule has 0 spiro atoms. The summed E-state index contributed by atoms with van der Waals surface area (Å²) in [6, 6.07) is 6.99. The summed E-state index contributed by atoms with van der Waals surface area (Å²) in [5.41, 5.74) is 0.348. The van der Waals surface area contributed by atoms with E-state index in [2.05, 4.69) is 10.6 Å². The fourth-order valence-corrected chi connectivity index (χ4v) is 2.75. The van der Waals surface area contributed by atoms with E-state index in [1.54, 1.807) is 30.3 Å². The number of hydrogen-bond donors (Lipinski definition) is 6. The quantitative estimate of drug-likeness (QED) is 0.321. The molecule has 0 aliphatic carbocycles. The van der Waals surface area contributed by atoms with Gasteiger partial charge >= 0.3 is 5.97 Å². The molecular formula is C18H22N2O8. The molecule has 6 N–H and O–H groups in total. The van der Waals surface area contributed by atoms with Crippen molar-refractivity contribution in [1.29, 1.82) is 0 Å². The molecule has 1 aromatic carbocycles. The van der Waals surface area contributed by atoms with Crippen molar-refractivity contribution >= 4 is 17.8 Å². The van der Waals surface area contributed by atoms with Crippen LogP contribution >= 0.6 is 0 Å². The first-order valence-electron chi connectivity index (χ1n) is 8.47. The molecule has 1 aliphatic heterocycles. The number of hydrogen-bond acceptors (Lipinski definition) is 7. The van der Waals surface area contributed by atoms with Crippen LogP contribution in [0, 0.1) is 0 Å². The third kappa shape index (κ3) is 5.28. The van der Waals surface area contributed by atoms with Gasteiger partial charge in [0.05, 0.1) is 6.04 Å². The number of carbonyl (C=O) groups is 3. The Bertz CT molecular complexity index is 751. The average Bonchev–Trinajstić information content (AvgIpc) is 2.66. The first-order chi connectivity index (χ1) is 13.2. The van der Waals surface area contributed by atoms with Crippen molar-refractivity contribution in [1.82, 2.24) is 10.6 Å². The molecule has 0 saturated carbocycles. The summed E-state index contributed by atoms with van der Waals surface area (Å²) >= 11 is 0. The molecule has 1 aromatic rings. The number of carboxylic acids is 1. The smallest absolute Gasteiger partial charge is 0.370 e. The van der Waals surface area contributed by atoms with Crippen LogP contribution in [0.5, 0.6) is 0 Å². The van der Waals surface area contributed by atoms with Gasteiger partial charge in [-0.05, 0) is 18.2 Å². The van der Waals surface area contributed by atoms with Gasteiger partial charge in [0.25, 0.3) is 5.91 Å². The summed E-state index contributed by atoms with van der Waals surface area (Å²) in [7, 11) is 0. The number of carboxylic acid groups (broad SMARTS) is 1. The van der Waals surface area contributed by atoms with E-state index in [4.69, 9.17) is 9.84 Å². The first-order valence-corrected chi connectivity index (χ1v) is 8.47. The van der Waals surface area contributed by atoms with E-state index in [1.165, 1.54) is 6.92 Å². The number of rotatable bonds is 7. The zero-order valence-corrected chi connectivity index (χ0v) is 15.0. The lowest BCUT2D eigenvalue weighted by Crippen LogP contribution is -2.60. The van der Waals surface area contributed by atoms with Crippen LogP contribution in [0.3, 0.4) is 0 Å². The van der Waals surface area contributed by atoms with Gasteiger partial charge in [-0.1, -0.05) is 18.2 Å². The molecule has 3 unspecified atom stereocenters. The van der Waals surface area contributed by atoms with E-state index in [1.807, 2.05) is 0 Å². The molecule has 0 fully saturated rings. The molecule has 152 valence electrons. The number of amides is 2. The molecule has 0 aromatic heterocycles. The fourth-order valence-electron chi connectivity index (χ4n) is 2.75. The largest absolute Gasteiger partial charge is 0.478 e. The Morgan fingerprint density at radius 1 is 1.18 bits per heavy atom. The Balaban J connectivity index is 2.08. The fraction of sp³-hybridized carbons (Fsp3) is 0.389. The van der Waals surface area contributed by atoms with E-state index in [0.29, 0.717) is 5.56 Å². The predicted molar refractivity (Wildman–Crippen MR) is 95.0 cm³/mol. The third-order valence-corrected chi connectivity index (χ3v) is 4.13. The first kappa shape index (κ1) is 21.4. The van der Waals surface area contributed by atoms with Crippen LogP contribution < -0.4 is 10.6 Å². The van der Waals surface area contributed by atoms with Crippen LogP contribution in [0.25, 0.3) is 0 Å². The van der Waals surface area contributed by atoms with E-state index >= 15 is 0 Å². The lowest BCUT2D eigenvalue weighted by molar-refractivity contribution is -0.147. The second-order valence-corrected chi connectivity index (χ2v) is 6.27. The number of benzene rings is 1. The van der Waals surface area contributed by atoms with E-state index in [-0.39, 0.29) is 6.54 Å². The van der Waals surface area contributed by atoms with Gasteiger partial charge in [-0.25, -0.2) is 4.79 Å². The van der Waals surface area contributed by atoms with Crippen LogP contribution in [0.15, 0.2) is 42.2 Å². The van der Waals surface area contributed by atoms with Crippen molar-refractivity contribution < 1.29 is 39.5 Å². The molecule has 1 aliphatic rings. The van der Waals surface area contributed by atoms with Crippen molar-refractivity contribution in [3.63, 3.8) is 0 Å². The number of aliphatic hydroxyl groups is 3. The standard InChI is InChI=1S/C18H22N2O8/c1-9(21)20-14-11(22)7-13(18(26)27)28-16(14)15(24)12(23)8-19-17(25)10-5-3-2-4-6-10/h2-7,11-12,14-16,22-24H,8H2,1H3,(H,19,25)(H,20,21)(H,26,27)/t11-,12?,14-,15?,16?/m1/s1. The minimum absolute atomic E-state index is 0.348. The molecule has 10 heteroatoms. The second-order valence-electron chi connectivity index (χ2n) is 6.27. The Kier molecular flexibility index (Phi) is 7.10. The topological polar surface area (TPSA) is 165 Å². The molecule has 10 nitrogen and oxygen atoms in total. The minimum atomic E-state index is -1.72. The Labute approximate surface area is 160 Å². The van der Waals surface area contributed by atoms with Crippen molar-refractivity contribution in [2.24, 2.45) is 0 Å². The summed E-state index contributed by atoms with van der Waals surface area (Å²) in [5.74, 6) is -3.15.